The lowest BCUT2D eigenvalue weighted by molar-refractivity contribution is -0.137. The summed E-state index contributed by atoms with van der Waals surface area (Å²) in [5, 5.41) is 2.00. The van der Waals surface area contributed by atoms with Crippen LogP contribution in [0.15, 0.2) is 48.5 Å². The monoisotopic (exact) mass is 382 g/mol. The van der Waals surface area contributed by atoms with Crippen LogP contribution in [0.4, 0.5) is 24.5 Å². The van der Waals surface area contributed by atoms with Gasteiger partial charge in [-0.25, -0.2) is 0 Å². The van der Waals surface area contributed by atoms with Crippen LogP contribution in [0.1, 0.15) is 12.0 Å². The molecule has 3 rings (SSSR count). The van der Waals surface area contributed by atoms with Crippen molar-refractivity contribution < 1.29 is 22.8 Å². The van der Waals surface area contributed by atoms with Gasteiger partial charge < -0.3 is 10.2 Å². The zero-order valence-corrected chi connectivity index (χ0v) is 14.1. The molecule has 26 heavy (non-hydrogen) atoms. The third-order valence-corrected chi connectivity index (χ3v) is 4.43. The third kappa shape index (κ3) is 3.83. The molecule has 2 amide bonds. The van der Waals surface area contributed by atoms with E-state index < -0.39 is 28.6 Å². The summed E-state index contributed by atoms with van der Waals surface area (Å²) in [7, 11) is 0. The van der Waals surface area contributed by atoms with Gasteiger partial charge in [0.05, 0.1) is 16.5 Å². The zero-order chi connectivity index (χ0) is 18.9. The number of hydrogen-bond donors (Lipinski definition) is 1. The maximum atomic E-state index is 12.9. The van der Waals surface area contributed by atoms with E-state index in [1.54, 1.807) is 24.3 Å². The molecule has 136 valence electrons. The highest BCUT2D eigenvalue weighted by Gasteiger charge is 2.36. The number of alkyl halides is 3. The van der Waals surface area contributed by atoms with Gasteiger partial charge in [0.25, 0.3) is 0 Å². The average Bonchev–Trinajstić information content (AvgIpc) is 2.98. The summed E-state index contributed by atoms with van der Waals surface area (Å²) in [6.07, 6.45) is -4.62. The van der Waals surface area contributed by atoms with Gasteiger partial charge in [0.1, 0.15) is 0 Å². The van der Waals surface area contributed by atoms with Gasteiger partial charge in [0.15, 0.2) is 0 Å². The summed E-state index contributed by atoms with van der Waals surface area (Å²) >= 11 is 5.57. The zero-order valence-electron chi connectivity index (χ0n) is 13.4. The molecule has 0 aliphatic carbocycles. The Labute approximate surface area is 152 Å². The van der Waals surface area contributed by atoms with E-state index in [9.17, 15) is 22.8 Å². The molecule has 0 aromatic heterocycles. The number of rotatable bonds is 3. The van der Waals surface area contributed by atoms with Gasteiger partial charge in [-0.05, 0) is 30.3 Å². The Morgan fingerprint density at radius 2 is 1.85 bits per heavy atom. The first-order valence-electron chi connectivity index (χ1n) is 7.79. The van der Waals surface area contributed by atoms with Crippen LogP contribution in [-0.2, 0) is 15.8 Å². The minimum absolute atomic E-state index is 0.000442. The first-order chi connectivity index (χ1) is 12.3. The summed E-state index contributed by atoms with van der Waals surface area (Å²) in [5.74, 6) is -1.36. The van der Waals surface area contributed by atoms with E-state index in [1.165, 1.54) is 11.0 Å². The molecule has 0 saturated carbocycles. The Morgan fingerprint density at radius 1 is 1.15 bits per heavy atom. The van der Waals surface area contributed by atoms with Gasteiger partial charge in [0, 0.05) is 24.3 Å². The minimum Gasteiger partial charge on any atom is -0.326 e. The van der Waals surface area contributed by atoms with Crippen molar-refractivity contribution >= 4 is 34.8 Å². The van der Waals surface area contributed by atoms with E-state index in [1.807, 2.05) is 6.07 Å². The Balaban J connectivity index is 1.72. The molecule has 8 heteroatoms. The molecule has 1 fully saturated rings. The molecule has 1 heterocycles. The van der Waals surface area contributed by atoms with Crippen molar-refractivity contribution in [1.82, 2.24) is 0 Å². The number of nitrogens with one attached hydrogen (secondary N) is 1. The molecule has 0 spiro atoms. The fourth-order valence-corrected chi connectivity index (χ4v) is 3.03. The molecule has 1 aliphatic rings. The van der Waals surface area contributed by atoms with Gasteiger partial charge in [-0.3, -0.25) is 9.59 Å². The minimum atomic E-state index is -4.62. The first-order valence-corrected chi connectivity index (χ1v) is 8.16. The summed E-state index contributed by atoms with van der Waals surface area (Å²) in [6.45, 7) is 0.175. The number of hydrogen-bond acceptors (Lipinski definition) is 2. The molecule has 1 saturated heterocycles. The Bertz CT molecular complexity index is 840. The van der Waals surface area contributed by atoms with Crippen molar-refractivity contribution in [2.24, 2.45) is 5.92 Å². The number of benzene rings is 2. The SMILES string of the molecule is O=C(Nc1ccc(Cl)c(C(F)(F)F)c1)C1CC(=O)N(c2ccccc2)C1. The molecular weight excluding hydrogens is 369 g/mol. The van der Waals surface area contributed by atoms with Crippen LogP contribution in [0.5, 0.6) is 0 Å². The van der Waals surface area contributed by atoms with E-state index in [0.29, 0.717) is 5.69 Å². The Morgan fingerprint density at radius 3 is 2.50 bits per heavy atom. The fraction of sp³-hybridized carbons (Fsp3) is 0.222. The van der Waals surface area contributed by atoms with E-state index in [2.05, 4.69) is 5.32 Å². The highest BCUT2D eigenvalue weighted by atomic mass is 35.5. The highest BCUT2D eigenvalue weighted by molar-refractivity contribution is 6.31. The van der Waals surface area contributed by atoms with Gasteiger partial charge in [0.2, 0.25) is 11.8 Å². The molecule has 2 aromatic rings. The van der Waals surface area contributed by atoms with E-state index in [0.717, 1.165) is 12.1 Å². The molecule has 1 unspecified atom stereocenters. The van der Waals surface area contributed by atoms with Crippen LogP contribution >= 0.6 is 11.6 Å². The molecule has 2 aromatic carbocycles. The number of halogens is 4. The summed E-state index contributed by atoms with van der Waals surface area (Å²) in [6, 6.07) is 12.0. The van der Waals surface area contributed by atoms with Crippen LogP contribution in [0.3, 0.4) is 0 Å². The first kappa shape index (κ1) is 18.3. The van der Waals surface area contributed by atoms with Crippen LogP contribution in [0.25, 0.3) is 0 Å². The third-order valence-electron chi connectivity index (χ3n) is 4.10. The van der Waals surface area contributed by atoms with E-state index >= 15 is 0 Å². The number of para-hydroxylation sites is 1. The summed E-state index contributed by atoms with van der Waals surface area (Å²) in [5.41, 5.74) is -0.360. The molecule has 0 bridgehead atoms. The Kier molecular flexibility index (Phi) is 4.91. The molecule has 1 atom stereocenters. The second-order valence-electron chi connectivity index (χ2n) is 5.92. The van der Waals surface area contributed by atoms with Gasteiger partial charge >= 0.3 is 6.18 Å². The average molecular weight is 383 g/mol. The molecular formula is C18H14ClF3N2O2. The van der Waals surface area contributed by atoms with Crippen molar-refractivity contribution in [1.29, 1.82) is 0 Å². The second-order valence-corrected chi connectivity index (χ2v) is 6.33. The number of anilines is 2. The molecule has 4 nitrogen and oxygen atoms in total. The summed E-state index contributed by atoms with van der Waals surface area (Å²) in [4.78, 5) is 26.0. The smallest absolute Gasteiger partial charge is 0.326 e. The molecule has 1 aliphatic heterocycles. The lowest BCUT2D eigenvalue weighted by Gasteiger charge is -2.17. The fourth-order valence-electron chi connectivity index (χ4n) is 2.81. The van der Waals surface area contributed by atoms with Gasteiger partial charge in [-0.15, -0.1) is 0 Å². The quantitative estimate of drug-likeness (QED) is 0.858. The standard InChI is InChI=1S/C18H14ClF3N2O2/c19-15-7-6-12(9-14(15)18(20,21)22)23-17(26)11-8-16(25)24(10-11)13-4-2-1-3-5-13/h1-7,9,11H,8,10H2,(H,23,26). The van der Waals surface area contributed by atoms with E-state index in [4.69, 9.17) is 11.6 Å². The van der Waals surface area contributed by atoms with Crippen LogP contribution in [-0.4, -0.2) is 18.4 Å². The van der Waals surface area contributed by atoms with Gasteiger partial charge in [-0.2, -0.15) is 13.2 Å². The maximum Gasteiger partial charge on any atom is 0.417 e. The normalized spacial score (nSPS) is 17.5. The van der Waals surface area contributed by atoms with Crippen LogP contribution in [0.2, 0.25) is 5.02 Å². The van der Waals surface area contributed by atoms with Crippen LogP contribution < -0.4 is 10.2 Å². The van der Waals surface area contributed by atoms with Crippen molar-refractivity contribution in [2.45, 2.75) is 12.6 Å². The summed E-state index contributed by atoms with van der Waals surface area (Å²) < 4.78 is 38.7. The second kappa shape index (κ2) is 6.99. The van der Waals surface area contributed by atoms with Crippen molar-refractivity contribution in [2.75, 3.05) is 16.8 Å². The number of nitrogens with zero attached hydrogens (tertiary/aromatic N) is 1. The highest BCUT2D eigenvalue weighted by Crippen LogP contribution is 2.36. The number of amides is 2. The lowest BCUT2D eigenvalue weighted by atomic mass is 10.1. The maximum absolute atomic E-state index is 12.9. The Hall–Kier alpha value is -2.54. The van der Waals surface area contributed by atoms with Crippen molar-refractivity contribution in [3.8, 4) is 0 Å². The topological polar surface area (TPSA) is 49.4 Å². The van der Waals surface area contributed by atoms with Crippen molar-refractivity contribution in [3.63, 3.8) is 0 Å². The number of carbonyl (C=O) groups excluding carboxylic acids is 2. The van der Waals surface area contributed by atoms with E-state index in [-0.39, 0.29) is 24.6 Å². The van der Waals surface area contributed by atoms with Crippen molar-refractivity contribution in [3.05, 3.63) is 59.1 Å². The predicted molar refractivity (Wildman–Crippen MR) is 92.0 cm³/mol. The van der Waals surface area contributed by atoms with Gasteiger partial charge in [-0.1, -0.05) is 29.8 Å². The number of carbonyl (C=O) groups is 2. The van der Waals surface area contributed by atoms with Crippen LogP contribution in [0, 0.1) is 5.92 Å². The molecule has 0 radical (unpaired) electrons. The predicted octanol–water partition coefficient (Wildman–Crippen LogP) is 4.35. The largest absolute Gasteiger partial charge is 0.417 e. The lowest BCUT2D eigenvalue weighted by Crippen LogP contribution is -2.28. The molecule has 1 N–H and O–H groups in total.